The standard InChI is InChI=1S/C13H11F3N2O/c1-7-5-8(18(2)17-7)6-11(19)9-3-4-10(14)13(16)12(9)15/h3-5H,6H2,1-2H3. The first-order valence-electron chi connectivity index (χ1n) is 5.56. The van der Waals surface area contributed by atoms with E-state index in [-0.39, 0.29) is 6.42 Å². The quantitative estimate of drug-likeness (QED) is 0.633. The van der Waals surface area contributed by atoms with Crippen LogP contribution in [0.4, 0.5) is 13.2 Å². The average molecular weight is 268 g/mol. The van der Waals surface area contributed by atoms with Crippen molar-refractivity contribution < 1.29 is 18.0 Å². The van der Waals surface area contributed by atoms with Gasteiger partial charge in [-0.1, -0.05) is 0 Å². The van der Waals surface area contributed by atoms with E-state index in [4.69, 9.17) is 0 Å². The summed E-state index contributed by atoms with van der Waals surface area (Å²) in [5.74, 6) is -5.03. The minimum atomic E-state index is -1.63. The summed E-state index contributed by atoms with van der Waals surface area (Å²) < 4.78 is 40.8. The molecule has 0 atom stereocenters. The molecule has 2 rings (SSSR count). The Hall–Kier alpha value is -2.11. The fraction of sp³-hybridized carbons (Fsp3) is 0.231. The molecule has 1 aromatic heterocycles. The normalized spacial score (nSPS) is 10.8. The number of Topliss-reactive ketones (excluding diaryl/α,β-unsaturated/α-hetero) is 1. The van der Waals surface area contributed by atoms with Gasteiger partial charge in [-0.15, -0.1) is 0 Å². The van der Waals surface area contributed by atoms with Gasteiger partial charge in [-0.3, -0.25) is 9.48 Å². The Morgan fingerprint density at radius 1 is 1.26 bits per heavy atom. The summed E-state index contributed by atoms with van der Waals surface area (Å²) in [7, 11) is 1.65. The van der Waals surface area contributed by atoms with E-state index < -0.39 is 28.8 Å². The van der Waals surface area contributed by atoms with Crippen molar-refractivity contribution in [3.05, 3.63) is 52.6 Å². The summed E-state index contributed by atoms with van der Waals surface area (Å²) in [6, 6.07) is 3.36. The summed E-state index contributed by atoms with van der Waals surface area (Å²) in [5, 5.41) is 4.05. The van der Waals surface area contributed by atoms with Crippen LogP contribution in [0.15, 0.2) is 18.2 Å². The van der Waals surface area contributed by atoms with Crippen LogP contribution >= 0.6 is 0 Å². The van der Waals surface area contributed by atoms with Crippen molar-refractivity contribution in [3.8, 4) is 0 Å². The van der Waals surface area contributed by atoms with Gasteiger partial charge < -0.3 is 0 Å². The topological polar surface area (TPSA) is 34.9 Å². The molecule has 0 radical (unpaired) electrons. The average Bonchev–Trinajstić information content (AvgIpc) is 2.65. The molecule has 1 aromatic carbocycles. The number of aryl methyl sites for hydroxylation is 2. The van der Waals surface area contributed by atoms with E-state index in [9.17, 15) is 18.0 Å². The summed E-state index contributed by atoms with van der Waals surface area (Å²) in [6.07, 6.45) is -0.126. The molecule has 0 aliphatic heterocycles. The lowest BCUT2D eigenvalue weighted by molar-refractivity contribution is 0.0985. The van der Waals surface area contributed by atoms with Crippen LogP contribution in [0, 0.1) is 24.4 Å². The van der Waals surface area contributed by atoms with Crippen LogP contribution in [0.25, 0.3) is 0 Å². The highest BCUT2D eigenvalue weighted by Gasteiger charge is 2.19. The summed E-state index contributed by atoms with van der Waals surface area (Å²) in [4.78, 5) is 11.9. The molecular formula is C13H11F3N2O. The van der Waals surface area contributed by atoms with E-state index in [0.717, 1.165) is 17.8 Å². The first kappa shape index (κ1) is 13.3. The molecule has 0 amide bonds. The molecule has 3 nitrogen and oxygen atoms in total. The first-order valence-corrected chi connectivity index (χ1v) is 5.56. The predicted molar refractivity (Wildman–Crippen MR) is 62.3 cm³/mol. The van der Waals surface area contributed by atoms with Crippen molar-refractivity contribution in [3.63, 3.8) is 0 Å². The number of carbonyl (C=O) groups is 1. The SMILES string of the molecule is Cc1cc(CC(=O)c2ccc(F)c(F)c2F)n(C)n1. The molecule has 1 heterocycles. The Bertz CT molecular complexity index is 650. The van der Waals surface area contributed by atoms with Crippen molar-refractivity contribution >= 4 is 5.78 Å². The van der Waals surface area contributed by atoms with E-state index in [0.29, 0.717) is 5.69 Å². The van der Waals surface area contributed by atoms with E-state index in [2.05, 4.69) is 5.10 Å². The van der Waals surface area contributed by atoms with Crippen molar-refractivity contribution in [1.29, 1.82) is 0 Å². The molecule has 0 fully saturated rings. The number of carbonyl (C=O) groups excluding carboxylic acids is 1. The van der Waals surface area contributed by atoms with Gasteiger partial charge in [0, 0.05) is 12.7 Å². The second-order valence-corrected chi connectivity index (χ2v) is 4.22. The molecular weight excluding hydrogens is 257 g/mol. The Morgan fingerprint density at radius 3 is 2.53 bits per heavy atom. The number of nitrogens with zero attached hydrogens (tertiary/aromatic N) is 2. The van der Waals surface area contributed by atoms with Gasteiger partial charge >= 0.3 is 0 Å². The number of aromatic nitrogens is 2. The fourth-order valence-electron chi connectivity index (χ4n) is 1.83. The second-order valence-electron chi connectivity index (χ2n) is 4.22. The summed E-state index contributed by atoms with van der Waals surface area (Å²) >= 11 is 0. The molecule has 2 aromatic rings. The van der Waals surface area contributed by atoms with Gasteiger partial charge in [0.1, 0.15) is 0 Å². The number of benzene rings is 1. The minimum absolute atomic E-state index is 0.126. The van der Waals surface area contributed by atoms with Crippen molar-refractivity contribution in [1.82, 2.24) is 9.78 Å². The van der Waals surface area contributed by atoms with E-state index in [1.807, 2.05) is 0 Å². The zero-order valence-corrected chi connectivity index (χ0v) is 10.4. The van der Waals surface area contributed by atoms with Gasteiger partial charge in [0.05, 0.1) is 17.7 Å². The number of hydrogen-bond donors (Lipinski definition) is 0. The molecule has 0 unspecified atom stereocenters. The molecule has 0 aliphatic rings. The minimum Gasteiger partial charge on any atom is -0.294 e. The maximum Gasteiger partial charge on any atom is 0.195 e. The van der Waals surface area contributed by atoms with Crippen LogP contribution in [0.5, 0.6) is 0 Å². The highest BCUT2D eigenvalue weighted by atomic mass is 19.2. The third kappa shape index (κ3) is 2.52. The maximum absolute atomic E-state index is 13.5. The Labute approximate surface area is 107 Å². The molecule has 19 heavy (non-hydrogen) atoms. The lowest BCUT2D eigenvalue weighted by Crippen LogP contribution is -2.11. The molecule has 100 valence electrons. The smallest absolute Gasteiger partial charge is 0.195 e. The van der Waals surface area contributed by atoms with E-state index >= 15 is 0 Å². The highest BCUT2D eigenvalue weighted by Crippen LogP contribution is 2.17. The van der Waals surface area contributed by atoms with Crippen LogP contribution in [0.2, 0.25) is 0 Å². The lowest BCUT2D eigenvalue weighted by atomic mass is 10.1. The van der Waals surface area contributed by atoms with Crippen molar-refractivity contribution in [2.75, 3.05) is 0 Å². The third-order valence-corrected chi connectivity index (χ3v) is 2.78. The Morgan fingerprint density at radius 2 is 1.95 bits per heavy atom. The monoisotopic (exact) mass is 268 g/mol. The number of halogens is 3. The van der Waals surface area contributed by atoms with Crippen molar-refractivity contribution in [2.24, 2.45) is 7.05 Å². The second kappa shape index (κ2) is 4.87. The summed E-state index contributed by atoms with van der Waals surface area (Å²) in [6.45, 7) is 1.76. The molecule has 0 bridgehead atoms. The highest BCUT2D eigenvalue weighted by molar-refractivity contribution is 5.97. The lowest BCUT2D eigenvalue weighted by Gasteiger charge is -2.04. The van der Waals surface area contributed by atoms with Gasteiger partial charge in [0.15, 0.2) is 23.2 Å². The molecule has 0 saturated heterocycles. The Balaban J connectivity index is 2.31. The predicted octanol–water partition coefficient (Wildman–Crippen LogP) is 2.57. The van der Waals surface area contributed by atoms with Gasteiger partial charge in [-0.25, -0.2) is 13.2 Å². The van der Waals surface area contributed by atoms with Gasteiger partial charge in [-0.05, 0) is 25.1 Å². The van der Waals surface area contributed by atoms with Gasteiger partial charge in [0.2, 0.25) is 0 Å². The maximum atomic E-state index is 13.5. The van der Waals surface area contributed by atoms with Crippen LogP contribution in [-0.2, 0) is 13.5 Å². The fourth-order valence-corrected chi connectivity index (χ4v) is 1.83. The molecule has 0 spiro atoms. The molecule has 6 heteroatoms. The first-order chi connectivity index (χ1) is 8.90. The third-order valence-electron chi connectivity index (χ3n) is 2.78. The zero-order valence-electron chi connectivity index (χ0n) is 10.4. The van der Waals surface area contributed by atoms with Crippen molar-refractivity contribution in [2.45, 2.75) is 13.3 Å². The molecule has 0 aliphatic carbocycles. The van der Waals surface area contributed by atoms with E-state index in [1.165, 1.54) is 4.68 Å². The van der Waals surface area contributed by atoms with Crippen LogP contribution in [0.3, 0.4) is 0 Å². The summed E-state index contributed by atoms with van der Waals surface area (Å²) in [5.41, 5.74) is 0.834. The molecule has 0 N–H and O–H groups in total. The van der Waals surface area contributed by atoms with Crippen LogP contribution in [0.1, 0.15) is 21.7 Å². The van der Waals surface area contributed by atoms with Crippen LogP contribution in [-0.4, -0.2) is 15.6 Å². The number of rotatable bonds is 3. The Kier molecular flexibility index (Phi) is 3.42. The zero-order chi connectivity index (χ0) is 14.2. The van der Waals surface area contributed by atoms with E-state index in [1.54, 1.807) is 20.0 Å². The number of hydrogen-bond acceptors (Lipinski definition) is 2. The molecule has 0 saturated carbocycles. The largest absolute Gasteiger partial charge is 0.294 e. The van der Waals surface area contributed by atoms with Crippen LogP contribution < -0.4 is 0 Å². The number of ketones is 1. The van der Waals surface area contributed by atoms with Gasteiger partial charge in [-0.2, -0.15) is 5.10 Å². The van der Waals surface area contributed by atoms with Gasteiger partial charge in [0.25, 0.3) is 0 Å².